The van der Waals surface area contributed by atoms with Crippen LogP contribution in [0.2, 0.25) is 0 Å². The van der Waals surface area contributed by atoms with E-state index >= 15 is 0 Å². The highest BCUT2D eigenvalue weighted by Crippen LogP contribution is 2.25. The number of benzene rings is 1. The van der Waals surface area contributed by atoms with E-state index in [1.54, 1.807) is 7.11 Å². The molecule has 1 aromatic rings. The molecule has 1 fully saturated rings. The molecule has 2 atom stereocenters. The largest absolute Gasteiger partial charge is 0.496 e. The van der Waals surface area contributed by atoms with Crippen LogP contribution in [-0.4, -0.2) is 32.1 Å². The maximum Gasteiger partial charge on any atom is 0.220 e. The summed E-state index contributed by atoms with van der Waals surface area (Å²) < 4.78 is 5.46. The van der Waals surface area contributed by atoms with Crippen LogP contribution in [0.15, 0.2) is 24.3 Å². The number of carbonyl (C=O) groups is 1. The highest BCUT2D eigenvalue weighted by molar-refractivity contribution is 5.85. The van der Waals surface area contributed by atoms with Crippen LogP contribution in [0.5, 0.6) is 5.75 Å². The molecule has 1 heterocycles. The van der Waals surface area contributed by atoms with Crippen LogP contribution in [0, 0.1) is 17.8 Å². The minimum atomic E-state index is 0. The second-order valence-electron chi connectivity index (χ2n) is 7.70. The summed E-state index contributed by atoms with van der Waals surface area (Å²) in [6.07, 6.45) is 3.79. The first-order chi connectivity index (χ1) is 12.0. The number of hydrogen-bond acceptors (Lipinski definition) is 3. The van der Waals surface area contributed by atoms with Gasteiger partial charge in [-0.2, -0.15) is 0 Å². The quantitative estimate of drug-likeness (QED) is 0.718. The van der Waals surface area contributed by atoms with Crippen LogP contribution in [0.1, 0.15) is 45.6 Å². The fourth-order valence-electron chi connectivity index (χ4n) is 3.70. The molecular formula is C21H35ClN2O2. The smallest absolute Gasteiger partial charge is 0.220 e. The van der Waals surface area contributed by atoms with Crippen molar-refractivity contribution >= 4 is 18.3 Å². The average Bonchev–Trinajstić information content (AvgIpc) is 2.62. The number of rotatable bonds is 8. The molecule has 2 unspecified atom stereocenters. The lowest BCUT2D eigenvalue weighted by atomic mass is 9.84. The molecule has 0 aromatic heterocycles. The maximum absolute atomic E-state index is 12.6. The van der Waals surface area contributed by atoms with Crippen molar-refractivity contribution in [1.29, 1.82) is 0 Å². The van der Waals surface area contributed by atoms with Crippen molar-refractivity contribution in [3.63, 3.8) is 0 Å². The zero-order valence-corrected chi connectivity index (χ0v) is 17.4. The van der Waals surface area contributed by atoms with Gasteiger partial charge in [-0.3, -0.25) is 4.79 Å². The van der Waals surface area contributed by atoms with Gasteiger partial charge in [-0.05, 0) is 61.7 Å². The van der Waals surface area contributed by atoms with Crippen molar-refractivity contribution < 1.29 is 9.53 Å². The van der Waals surface area contributed by atoms with Crippen LogP contribution < -0.4 is 15.4 Å². The molecule has 1 amide bonds. The van der Waals surface area contributed by atoms with Gasteiger partial charge >= 0.3 is 0 Å². The molecule has 1 aromatic carbocycles. The summed E-state index contributed by atoms with van der Waals surface area (Å²) in [5.74, 6) is 2.56. The first-order valence-electron chi connectivity index (χ1n) is 9.63. The number of methoxy groups -OCH3 is 1. The van der Waals surface area contributed by atoms with E-state index in [1.807, 2.05) is 18.2 Å². The second kappa shape index (κ2) is 11.5. The van der Waals surface area contributed by atoms with Crippen LogP contribution in [-0.2, 0) is 11.2 Å². The van der Waals surface area contributed by atoms with E-state index in [0.717, 1.165) is 30.8 Å². The summed E-state index contributed by atoms with van der Waals surface area (Å²) in [4.78, 5) is 12.6. The average molecular weight is 383 g/mol. The Kier molecular flexibility index (Phi) is 10.0. The number of ether oxygens (including phenoxy) is 1. The van der Waals surface area contributed by atoms with Crippen molar-refractivity contribution in [3.8, 4) is 5.75 Å². The van der Waals surface area contributed by atoms with Gasteiger partial charge in [0.15, 0.2) is 0 Å². The predicted octanol–water partition coefficient (Wildman–Crippen LogP) is 3.83. The minimum absolute atomic E-state index is 0. The van der Waals surface area contributed by atoms with Crippen LogP contribution >= 0.6 is 12.4 Å². The Labute approximate surface area is 164 Å². The maximum atomic E-state index is 12.6. The Balaban J connectivity index is 0.00000338. The summed E-state index contributed by atoms with van der Waals surface area (Å²) in [5, 5.41) is 6.67. The Morgan fingerprint density at radius 3 is 2.50 bits per heavy atom. The normalized spacial score (nSPS) is 17.3. The van der Waals surface area contributed by atoms with E-state index in [4.69, 9.17) is 4.74 Å². The first kappa shape index (κ1) is 22.8. The highest BCUT2D eigenvalue weighted by atomic mass is 35.5. The van der Waals surface area contributed by atoms with E-state index < -0.39 is 0 Å². The lowest BCUT2D eigenvalue weighted by Gasteiger charge is -2.29. The van der Waals surface area contributed by atoms with Crippen LogP contribution in [0.4, 0.5) is 0 Å². The molecule has 0 bridgehead atoms. The van der Waals surface area contributed by atoms with Gasteiger partial charge in [-0.25, -0.2) is 0 Å². The number of halogens is 1. The summed E-state index contributed by atoms with van der Waals surface area (Å²) >= 11 is 0. The molecule has 0 aliphatic carbocycles. The molecule has 148 valence electrons. The molecule has 0 spiro atoms. The summed E-state index contributed by atoms with van der Waals surface area (Å²) in [7, 11) is 1.70. The van der Waals surface area contributed by atoms with Gasteiger partial charge in [0.2, 0.25) is 5.91 Å². The monoisotopic (exact) mass is 382 g/mol. The van der Waals surface area contributed by atoms with Crippen LogP contribution in [0.3, 0.4) is 0 Å². The SMILES string of the molecule is COc1ccccc1CC(NC(=O)CC(C)C1CCNCC1)C(C)C.Cl. The van der Waals surface area contributed by atoms with Gasteiger partial charge in [-0.15, -0.1) is 12.4 Å². The number of piperidine rings is 1. The predicted molar refractivity (Wildman–Crippen MR) is 110 cm³/mol. The lowest BCUT2D eigenvalue weighted by molar-refractivity contribution is -0.123. The molecule has 4 nitrogen and oxygen atoms in total. The van der Waals surface area contributed by atoms with E-state index in [0.29, 0.717) is 24.2 Å². The highest BCUT2D eigenvalue weighted by Gasteiger charge is 2.24. The third-order valence-corrected chi connectivity index (χ3v) is 5.48. The molecule has 1 saturated heterocycles. The van der Waals surface area contributed by atoms with E-state index in [2.05, 4.69) is 37.5 Å². The number of hydrogen-bond donors (Lipinski definition) is 2. The standard InChI is InChI=1S/C21H34N2O2.ClH/c1-15(2)19(14-18-7-5-6-8-20(18)25-4)23-21(24)13-16(3)17-9-11-22-12-10-17;/h5-8,15-17,19,22H,9-14H2,1-4H3,(H,23,24);1H. The summed E-state index contributed by atoms with van der Waals surface area (Å²) in [6.45, 7) is 8.71. The van der Waals surface area contributed by atoms with Crippen molar-refractivity contribution in [1.82, 2.24) is 10.6 Å². The number of nitrogens with one attached hydrogen (secondary N) is 2. The molecule has 26 heavy (non-hydrogen) atoms. The van der Waals surface area contributed by atoms with E-state index in [-0.39, 0.29) is 24.4 Å². The number of para-hydroxylation sites is 1. The molecular weight excluding hydrogens is 348 g/mol. The molecule has 0 radical (unpaired) electrons. The Morgan fingerprint density at radius 1 is 1.23 bits per heavy atom. The van der Waals surface area contributed by atoms with E-state index in [9.17, 15) is 4.79 Å². The first-order valence-corrected chi connectivity index (χ1v) is 9.63. The van der Waals surface area contributed by atoms with Crippen molar-refractivity contribution in [2.75, 3.05) is 20.2 Å². The summed E-state index contributed by atoms with van der Waals surface area (Å²) in [6, 6.07) is 8.19. The van der Waals surface area contributed by atoms with Gasteiger partial charge in [0.1, 0.15) is 5.75 Å². The molecule has 2 N–H and O–H groups in total. The zero-order valence-electron chi connectivity index (χ0n) is 16.6. The fraction of sp³-hybridized carbons (Fsp3) is 0.667. The number of amides is 1. The van der Waals surface area contributed by atoms with Gasteiger partial charge < -0.3 is 15.4 Å². The molecule has 1 aliphatic heterocycles. The molecule has 5 heteroatoms. The lowest BCUT2D eigenvalue weighted by Crippen LogP contribution is -2.41. The topological polar surface area (TPSA) is 50.4 Å². The van der Waals surface area contributed by atoms with Crippen molar-refractivity contribution in [2.24, 2.45) is 17.8 Å². The Morgan fingerprint density at radius 2 is 1.88 bits per heavy atom. The number of carbonyl (C=O) groups excluding carboxylic acids is 1. The van der Waals surface area contributed by atoms with Gasteiger partial charge in [0.05, 0.1) is 7.11 Å². The second-order valence-corrected chi connectivity index (χ2v) is 7.70. The van der Waals surface area contributed by atoms with Crippen LogP contribution in [0.25, 0.3) is 0 Å². The molecule has 0 saturated carbocycles. The van der Waals surface area contributed by atoms with Gasteiger partial charge in [-0.1, -0.05) is 39.0 Å². The minimum Gasteiger partial charge on any atom is -0.496 e. The van der Waals surface area contributed by atoms with E-state index in [1.165, 1.54) is 12.8 Å². The molecule has 2 rings (SSSR count). The van der Waals surface area contributed by atoms with Crippen molar-refractivity contribution in [2.45, 2.75) is 52.5 Å². The van der Waals surface area contributed by atoms with Crippen molar-refractivity contribution in [3.05, 3.63) is 29.8 Å². The zero-order chi connectivity index (χ0) is 18.2. The third kappa shape index (κ3) is 6.81. The van der Waals surface area contributed by atoms with Gasteiger partial charge in [0.25, 0.3) is 0 Å². The fourth-order valence-corrected chi connectivity index (χ4v) is 3.70. The Bertz CT molecular complexity index is 545. The summed E-state index contributed by atoms with van der Waals surface area (Å²) in [5.41, 5.74) is 1.15. The third-order valence-electron chi connectivity index (χ3n) is 5.48. The Hall–Kier alpha value is -1.26. The van der Waals surface area contributed by atoms with Gasteiger partial charge in [0, 0.05) is 12.5 Å². The molecule has 1 aliphatic rings.